The van der Waals surface area contributed by atoms with Crippen molar-refractivity contribution in [2.45, 2.75) is 64.1 Å². The van der Waals surface area contributed by atoms with Gasteiger partial charge in [0.1, 0.15) is 0 Å². The van der Waals surface area contributed by atoms with Gasteiger partial charge in [-0.1, -0.05) is 0 Å². The van der Waals surface area contributed by atoms with Crippen molar-refractivity contribution in [3.8, 4) is 0 Å². The molecular weight excluding hydrogens is 298 g/mol. The van der Waals surface area contributed by atoms with Crippen LogP contribution in [0.1, 0.15) is 51.1 Å². The lowest BCUT2D eigenvalue weighted by Gasteiger charge is -2.27. The van der Waals surface area contributed by atoms with Crippen molar-refractivity contribution in [2.75, 3.05) is 11.5 Å². The van der Waals surface area contributed by atoms with E-state index in [-0.39, 0.29) is 5.91 Å². The molecule has 2 saturated carbocycles. The molecule has 0 bridgehead atoms. The quantitative estimate of drug-likeness (QED) is 0.843. The average Bonchev–Trinajstić information content (AvgIpc) is 3.23. The Bertz CT molecular complexity index is 507. The van der Waals surface area contributed by atoms with Gasteiger partial charge in [-0.05, 0) is 44.4 Å². The minimum absolute atomic E-state index is 0.0960. The van der Waals surface area contributed by atoms with Crippen LogP contribution in [0.3, 0.4) is 0 Å². The number of aromatic nitrogens is 1. The number of anilines is 1. The van der Waals surface area contributed by atoms with E-state index in [0.29, 0.717) is 24.6 Å². The SMILES string of the molecule is CC(=O)N(c1nc(CNC2CCC(CO)CC2)cs1)C1CC1. The van der Waals surface area contributed by atoms with Crippen molar-refractivity contribution in [3.63, 3.8) is 0 Å². The van der Waals surface area contributed by atoms with Gasteiger partial charge in [-0.15, -0.1) is 11.3 Å². The first-order valence-corrected chi connectivity index (χ1v) is 9.13. The maximum Gasteiger partial charge on any atom is 0.225 e. The monoisotopic (exact) mass is 323 g/mol. The highest BCUT2D eigenvalue weighted by molar-refractivity contribution is 7.14. The fraction of sp³-hybridized carbons (Fsp3) is 0.750. The number of rotatable bonds is 6. The van der Waals surface area contributed by atoms with Crippen molar-refractivity contribution in [3.05, 3.63) is 11.1 Å². The summed E-state index contributed by atoms with van der Waals surface area (Å²) in [6, 6.07) is 0.901. The van der Waals surface area contributed by atoms with Crippen molar-refractivity contribution < 1.29 is 9.90 Å². The molecule has 0 spiro atoms. The van der Waals surface area contributed by atoms with Gasteiger partial charge in [0.2, 0.25) is 5.91 Å². The number of hydrogen-bond acceptors (Lipinski definition) is 5. The van der Waals surface area contributed by atoms with E-state index in [2.05, 4.69) is 15.7 Å². The van der Waals surface area contributed by atoms with Gasteiger partial charge in [0, 0.05) is 37.5 Å². The Kier molecular flexibility index (Phi) is 5.10. The van der Waals surface area contributed by atoms with Gasteiger partial charge < -0.3 is 10.4 Å². The highest BCUT2D eigenvalue weighted by atomic mass is 32.1. The predicted octanol–water partition coefficient (Wildman–Crippen LogP) is 2.30. The molecule has 0 aliphatic heterocycles. The Hall–Kier alpha value is -0.980. The van der Waals surface area contributed by atoms with E-state index >= 15 is 0 Å². The second-order valence-corrected chi connectivity index (χ2v) is 7.36. The molecule has 0 radical (unpaired) electrons. The lowest BCUT2D eigenvalue weighted by Crippen LogP contribution is -2.33. The molecule has 1 aromatic rings. The number of nitrogens with one attached hydrogen (secondary N) is 1. The second-order valence-electron chi connectivity index (χ2n) is 6.52. The molecule has 0 unspecified atom stereocenters. The number of aliphatic hydroxyl groups is 1. The van der Waals surface area contributed by atoms with Gasteiger partial charge >= 0.3 is 0 Å². The molecule has 5 nitrogen and oxygen atoms in total. The first kappa shape index (κ1) is 15.9. The molecular formula is C16H25N3O2S. The number of thiazole rings is 1. The fourth-order valence-electron chi connectivity index (χ4n) is 3.17. The van der Waals surface area contributed by atoms with E-state index in [1.807, 2.05) is 4.90 Å². The van der Waals surface area contributed by atoms with E-state index in [4.69, 9.17) is 0 Å². The van der Waals surface area contributed by atoms with Crippen LogP contribution in [0.4, 0.5) is 5.13 Å². The number of hydrogen-bond donors (Lipinski definition) is 2. The average molecular weight is 323 g/mol. The van der Waals surface area contributed by atoms with Crippen LogP contribution in [0.15, 0.2) is 5.38 Å². The number of nitrogens with zero attached hydrogens (tertiary/aromatic N) is 2. The van der Waals surface area contributed by atoms with Gasteiger partial charge in [0.05, 0.1) is 5.69 Å². The minimum Gasteiger partial charge on any atom is -0.396 e. The maximum absolute atomic E-state index is 11.8. The molecule has 1 aromatic heterocycles. The Morgan fingerprint density at radius 2 is 2.09 bits per heavy atom. The summed E-state index contributed by atoms with van der Waals surface area (Å²) >= 11 is 1.57. The lowest BCUT2D eigenvalue weighted by atomic mass is 9.86. The third kappa shape index (κ3) is 3.86. The zero-order chi connectivity index (χ0) is 15.5. The molecule has 6 heteroatoms. The highest BCUT2D eigenvalue weighted by Crippen LogP contribution is 2.33. The normalized spacial score (nSPS) is 25.2. The molecule has 1 amide bonds. The van der Waals surface area contributed by atoms with Gasteiger partial charge in [-0.3, -0.25) is 9.69 Å². The van der Waals surface area contributed by atoms with Gasteiger partial charge in [-0.2, -0.15) is 0 Å². The maximum atomic E-state index is 11.8. The standard InChI is InChI=1S/C16H25N3O2S/c1-11(21)19(15-6-7-15)16-18-14(10-22-16)8-17-13-4-2-12(9-20)3-5-13/h10,12-13,15,17,20H,2-9H2,1H3. The molecule has 2 N–H and O–H groups in total. The predicted molar refractivity (Wildman–Crippen MR) is 88.0 cm³/mol. The van der Waals surface area contributed by atoms with Crippen LogP contribution in [0.25, 0.3) is 0 Å². The lowest BCUT2D eigenvalue weighted by molar-refractivity contribution is -0.116. The molecule has 2 aliphatic carbocycles. The van der Waals surface area contributed by atoms with E-state index in [0.717, 1.165) is 55.9 Å². The van der Waals surface area contributed by atoms with Crippen molar-refractivity contribution in [1.82, 2.24) is 10.3 Å². The summed E-state index contributed by atoms with van der Waals surface area (Å²) in [4.78, 5) is 18.2. The van der Waals surface area contributed by atoms with E-state index in [1.165, 1.54) is 0 Å². The zero-order valence-corrected chi connectivity index (χ0v) is 13.9. The van der Waals surface area contributed by atoms with E-state index in [9.17, 15) is 9.90 Å². The molecule has 0 saturated heterocycles. The Labute approximate surface area is 135 Å². The van der Waals surface area contributed by atoms with Crippen LogP contribution in [0, 0.1) is 5.92 Å². The number of carbonyl (C=O) groups excluding carboxylic acids is 1. The van der Waals surface area contributed by atoms with E-state index in [1.54, 1.807) is 18.3 Å². The zero-order valence-electron chi connectivity index (χ0n) is 13.1. The Balaban J connectivity index is 1.50. The van der Waals surface area contributed by atoms with E-state index < -0.39 is 0 Å². The third-order valence-corrected chi connectivity index (χ3v) is 5.56. The topological polar surface area (TPSA) is 65.5 Å². The molecule has 1 heterocycles. The van der Waals surface area contributed by atoms with Crippen LogP contribution >= 0.6 is 11.3 Å². The van der Waals surface area contributed by atoms with Crippen molar-refractivity contribution >= 4 is 22.4 Å². The number of aliphatic hydroxyl groups excluding tert-OH is 1. The molecule has 122 valence electrons. The second kappa shape index (κ2) is 7.06. The summed E-state index contributed by atoms with van der Waals surface area (Å²) in [7, 11) is 0. The smallest absolute Gasteiger partial charge is 0.225 e. The molecule has 2 aliphatic rings. The highest BCUT2D eigenvalue weighted by Gasteiger charge is 2.33. The first-order chi connectivity index (χ1) is 10.7. The number of carbonyl (C=O) groups is 1. The first-order valence-electron chi connectivity index (χ1n) is 8.25. The van der Waals surface area contributed by atoms with Crippen LogP contribution in [0.5, 0.6) is 0 Å². The van der Waals surface area contributed by atoms with Crippen LogP contribution in [-0.4, -0.2) is 34.7 Å². The molecule has 0 atom stereocenters. The third-order valence-electron chi connectivity index (χ3n) is 4.67. The van der Waals surface area contributed by atoms with Crippen LogP contribution in [-0.2, 0) is 11.3 Å². The molecule has 0 aromatic carbocycles. The van der Waals surface area contributed by atoms with Gasteiger partial charge in [0.15, 0.2) is 5.13 Å². The molecule has 22 heavy (non-hydrogen) atoms. The van der Waals surface area contributed by atoms with Crippen LogP contribution in [0.2, 0.25) is 0 Å². The van der Waals surface area contributed by atoms with Gasteiger partial charge in [-0.25, -0.2) is 4.98 Å². The van der Waals surface area contributed by atoms with Crippen molar-refractivity contribution in [1.29, 1.82) is 0 Å². The van der Waals surface area contributed by atoms with Crippen LogP contribution < -0.4 is 10.2 Å². The Morgan fingerprint density at radius 3 is 2.68 bits per heavy atom. The Morgan fingerprint density at radius 1 is 1.36 bits per heavy atom. The van der Waals surface area contributed by atoms with Gasteiger partial charge in [0.25, 0.3) is 0 Å². The summed E-state index contributed by atoms with van der Waals surface area (Å²) in [5, 5.41) is 15.6. The fourth-order valence-corrected chi connectivity index (χ4v) is 4.11. The summed E-state index contributed by atoms with van der Waals surface area (Å²) in [5.74, 6) is 0.588. The number of amides is 1. The summed E-state index contributed by atoms with van der Waals surface area (Å²) in [6.07, 6.45) is 6.67. The summed E-state index contributed by atoms with van der Waals surface area (Å²) < 4.78 is 0. The molecule has 3 rings (SSSR count). The molecule has 2 fully saturated rings. The minimum atomic E-state index is 0.0960. The van der Waals surface area contributed by atoms with Crippen molar-refractivity contribution in [2.24, 2.45) is 5.92 Å². The summed E-state index contributed by atoms with van der Waals surface area (Å²) in [6.45, 7) is 2.71. The largest absolute Gasteiger partial charge is 0.396 e. The summed E-state index contributed by atoms with van der Waals surface area (Å²) in [5.41, 5.74) is 1.02.